The van der Waals surface area contributed by atoms with Crippen molar-refractivity contribution in [3.8, 4) is 5.75 Å². The van der Waals surface area contributed by atoms with Gasteiger partial charge in [0, 0.05) is 11.8 Å². The Hall–Kier alpha value is -3.44. The van der Waals surface area contributed by atoms with E-state index >= 15 is 0 Å². The molecule has 4 rings (SSSR count). The number of hydrogen-bond donors (Lipinski definition) is 3. The van der Waals surface area contributed by atoms with Crippen LogP contribution in [0.4, 0.5) is 34.9 Å². The van der Waals surface area contributed by atoms with Gasteiger partial charge < -0.3 is 20.4 Å². The maximum absolute atomic E-state index is 14.4. The van der Waals surface area contributed by atoms with Gasteiger partial charge in [-0.05, 0) is 30.3 Å². The van der Waals surface area contributed by atoms with E-state index < -0.39 is 24.5 Å². The number of aromatic nitrogens is 2. The molecule has 0 aliphatic rings. The zero-order valence-electron chi connectivity index (χ0n) is 17.9. The lowest BCUT2D eigenvalue weighted by atomic mass is 9.96. The average molecular weight is 525 g/mol. The molecule has 0 unspecified atom stereocenters. The molecule has 0 aliphatic carbocycles. The van der Waals surface area contributed by atoms with E-state index in [1.165, 1.54) is 24.3 Å². The number of alkyl halides is 3. The van der Waals surface area contributed by atoms with Gasteiger partial charge in [-0.2, -0.15) is 13.2 Å². The predicted octanol–water partition coefficient (Wildman–Crippen LogP) is 5.20. The highest BCUT2D eigenvalue weighted by atomic mass is 35.5. The second kappa shape index (κ2) is 9.67. The molecule has 0 spiro atoms. The first kappa shape index (κ1) is 24.7. The number of nitrogens with one attached hydrogen (secondary N) is 3. The van der Waals surface area contributed by atoms with Crippen LogP contribution >= 0.6 is 23.2 Å². The minimum Gasteiger partial charge on any atom is -0.483 e. The number of carbonyl (C=O) groups excluding carboxylic acids is 1. The molecule has 6 nitrogen and oxygen atoms in total. The smallest absolute Gasteiger partial charge is 0.422 e. The number of nitrogens with zero attached hydrogens (tertiary/aromatic N) is 1. The number of aromatic amines is 1. The third-order valence-corrected chi connectivity index (χ3v) is 5.42. The maximum atomic E-state index is 14.4. The number of carbonyl (C=O) groups is 1. The lowest BCUT2D eigenvalue weighted by Gasteiger charge is -2.13. The summed E-state index contributed by atoms with van der Waals surface area (Å²) in [6, 6.07) is 12.0. The molecule has 0 bridgehead atoms. The standard InChI is InChI=1S/C22H15BCl2F4N4O2/c23-10-1-3-11(4-2-10)30-20(34)12-7-15-16(8-17(12)35-9-22(27,28)29)32-21(31-15)33-19-14(25)6-5-13(24)18(19)26/h1-8H,9,23H2,(H,30,34)(H2,31,32,33). The number of fused-ring (bicyclic) bond motifs is 1. The van der Waals surface area contributed by atoms with Crippen molar-refractivity contribution < 1.29 is 27.1 Å². The summed E-state index contributed by atoms with van der Waals surface area (Å²) in [4.78, 5) is 19.9. The van der Waals surface area contributed by atoms with Crippen LogP contribution in [-0.2, 0) is 0 Å². The van der Waals surface area contributed by atoms with E-state index in [0.717, 1.165) is 5.46 Å². The topological polar surface area (TPSA) is 79.0 Å². The molecule has 3 N–H and O–H groups in total. The molecule has 0 aliphatic heterocycles. The Balaban J connectivity index is 1.70. The van der Waals surface area contributed by atoms with Crippen LogP contribution in [0.3, 0.4) is 0 Å². The molecule has 0 radical (unpaired) electrons. The molecule has 0 saturated heterocycles. The average Bonchev–Trinajstić information content (AvgIpc) is 3.19. The van der Waals surface area contributed by atoms with Crippen LogP contribution in [0, 0.1) is 5.82 Å². The zero-order chi connectivity index (χ0) is 25.3. The molecule has 35 heavy (non-hydrogen) atoms. The summed E-state index contributed by atoms with van der Waals surface area (Å²) >= 11 is 11.8. The summed E-state index contributed by atoms with van der Waals surface area (Å²) in [7, 11) is 1.87. The Morgan fingerprint density at radius 3 is 2.46 bits per heavy atom. The van der Waals surface area contributed by atoms with Crippen LogP contribution in [0.2, 0.25) is 10.0 Å². The number of H-pyrrole nitrogens is 1. The van der Waals surface area contributed by atoms with Crippen LogP contribution in [0.5, 0.6) is 5.75 Å². The fraction of sp³-hybridized carbons (Fsp3) is 0.0909. The van der Waals surface area contributed by atoms with Crippen molar-refractivity contribution in [3.05, 3.63) is 70.0 Å². The van der Waals surface area contributed by atoms with Gasteiger partial charge >= 0.3 is 6.18 Å². The molecule has 4 aromatic rings. The third kappa shape index (κ3) is 5.80. The van der Waals surface area contributed by atoms with Gasteiger partial charge in [-0.3, -0.25) is 4.79 Å². The predicted molar refractivity (Wildman–Crippen MR) is 130 cm³/mol. The van der Waals surface area contributed by atoms with E-state index in [0.29, 0.717) is 5.69 Å². The zero-order valence-corrected chi connectivity index (χ0v) is 19.4. The molecule has 1 aromatic heterocycles. The molecule has 1 amide bonds. The quantitative estimate of drug-likeness (QED) is 0.184. The number of rotatable bonds is 6. The summed E-state index contributed by atoms with van der Waals surface area (Å²) < 4.78 is 57.7. The number of imidazole rings is 1. The number of ether oxygens (including phenoxy) is 1. The van der Waals surface area contributed by atoms with Crippen molar-refractivity contribution in [2.75, 3.05) is 17.2 Å². The summed E-state index contributed by atoms with van der Waals surface area (Å²) in [6.07, 6.45) is -4.62. The van der Waals surface area contributed by atoms with E-state index in [9.17, 15) is 22.4 Å². The van der Waals surface area contributed by atoms with Crippen LogP contribution in [0.25, 0.3) is 11.0 Å². The summed E-state index contributed by atoms with van der Waals surface area (Å²) in [5.74, 6) is -1.82. The van der Waals surface area contributed by atoms with Gasteiger partial charge in [0.05, 0.1) is 32.3 Å². The Morgan fingerprint density at radius 1 is 1.09 bits per heavy atom. The minimum atomic E-state index is -4.62. The molecular formula is C22H15BCl2F4N4O2. The highest BCUT2D eigenvalue weighted by molar-refractivity contribution is 6.35. The Kier molecular flexibility index (Phi) is 6.82. The molecule has 3 aromatic carbocycles. The van der Waals surface area contributed by atoms with E-state index in [-0.39, 0.29) is 44.0 Å². The van der Waals surface area contributed by atoms with Crippen molar-refractivity contribution in [2.24, 2.45) is 0 Å². The first-order valence-corrected chi connectivity index (χ1v) is 10.8. The van der Waals surface area contributed by atoms with Gasteiger partial charge in [0.1, 0.15) is 13.6 Å². The van der Waals surface area contributed by atoms with E-state index in [4.69, 9.17) is 27.9 Å². The van der Waals surface area contributed by atoms with E-state index in [1.54, 1.807) is 24.3 Å². The van der Waals surface area contributed by atoms with Crippen LogP contribution in [-0.4, -0.2) is 36.5 Å². The van der Waals surface area contributed by atoms with Gasteiger partial charge in [-0.25, -0.2) is 9.37 Å². The fourth-order valence-corrected chi connectivity index (χ4v) is 3.50. The maximum Gasteiger partial charge on any atom is 0.422 e. The Bertz CT molecular complexity index is 1410. The van der Waals surface area contributed by atoms with Gasteiger partial charge in [0.25, 0.3) is 5.91 Å². The lowest BCUT2D eigenvalue weighted by Crippen LogP contribution is -2.21. The van der Waals surface area contributed by atoms with Crippen LogP contribution < -0.4 is 20.8 Å². The van der Waals surface area contributed by atoms with Gasteiger partial charge in [-0.1, -0.05) is 40.8 Å². The third-order valence-electron chi connectivity index (χ3n) is 4.82. The van der Waals surface area contributed by atoms with Crippen LogP contribution in [0.1, 0.15) is 10.4 Å². The van der Waals surface area contributed by atoms with Crippen molar-refractivity contribution in [1.29, 1.82) is 0 Å². The number of hydrogen-bond acceptors (Lipinski definition) is 4. The second-order valence-corrected chi connectivity index (χ2v) is 8.33. The van der Waals surface area contributed by atoms with Crippen molar-refractivity contribution in [2.45, 2.75) is 6.18 Å². The molecule has 0 saturated carbocycles. The molecule has 0 atom stereocenters. The van der Waals surface area contributed by atoms with Crippen LogP contribution in [0.15, 0.2) is 48.5 Å². The van der Waals surface area contributed by atoms with Crippen molar-refractivity contribution in [3.63, 3.8) is 0 Å². The summed E-state index contributed by atoms with van der Waals surface area (Å²) in [6.45, 7) is -1.61. The van der Waals surface area contributed by atoms with Crippen molar-refractivity contribution >= 4 is 70.8 Å². The molecule has 13 heteroatoms. The normalized spacial score (nSPS) is 11.5. The lowest BCUT2D eigenvalue weighted by molar-refractivity contribution is -0.153. The summed E-state index contributed by atoms with van der Waals surface area (Å²) in [5, 5.41) is 5.13. The number of benzene rings is 3. The SMILES string of the molecule is Bc1ccc(NC(=O)c2cc3nc(Nc4c(Cl)ccc(Cl)c4F)[nH]c3cc2OCC(F)(F)F)cc1. The number of amides is 1. The summed E-state index contributed by atoms with van der Waals surface area (Å²) in [5.41, 5.74) is 1.52. The number of anilines is 3. The van der Waals surface area contributed by atoms with Crippen molar-refractivity contribution in [1.82, 2.24) is 9.97 Å². The van der Waals surface area contributed by atoms with Gasteiger partial charge in [0.2, 0.25) is 5.95 Å². The first-order valence-electron chi connectivity index (χ1n) is 10.0. The van der Waals surface area contributed by atoms with E-state index in [1.807, 2.05) is 7.85 Å². The molecule has 0 fully saturated rings. The van der Waals surface area contributed by atoms with E-state index in [2.05, 4.69) is 20.6 Å². The first-order chi connectivity index (χ1) is 16.5. The fourth-order valence-electron chi connectivity index (χ4n) is 3.15. The minimum absolute atomic E-state index is 0.0148. The molecule has 1 heterocycles. The monoisotopic (exact) mass is 524 g/mol. The Morgan fingerprint density at radius 2 is 1.77 bits per heavy atom. The second-order valence-electron chi connectivity index (χ2n) is 7.52. The Labute approximate surface area is 207 Å². The van der Waals surface area contributed by atoms with Gasteiger partial charge in [-0.15, -0.1) is 0 Å². The molecular weight excluding hydrogens is 510 g/mol. The molecule has 180 valence electrons. The van der Waals surface area contributed by atoms with Gasteiger partial charge in [0.15, 0.2) is 12.4 Å². The highest BCUT2D eigenvalue weighted by Crippen LogP contribution is 2.34. The number of halogens is 6. The largest absolute Gasteiger partial charge is 0.483 e. The highest BCUT2D eigenvalue weighted by Gasteiger charge is 2.29.